The summed E-state index contributed by atoms with van der Waals surface area (Å²) in [5, 5.41) is 15.6. The van der Waals surface area contributed by atoms with Crippen molar-refractivity contribution in [2.75, 3.05) is 6.54 Å². The van der Waals surface area contributed by atoms with Crippen molar-refractivity contribution in [3.63, 3.8) is 0 Å². The van der Waals surface area contributed by atoms with Crippen LogP contribution in [-0.4, -0.2) is 67.8 Å². The van der Waals surface area contributed by atoms with Crippen molar-refractivity contribution in [1.29, 1.82) is 0 Å². The van der Waals surface area contributed by atoms with E-state index < -0.39 is 46.7 Å². The van der Waals surface area contributed by atoms with Gasteiger partial charge in [0.15, 0.2) is 0 Å². The number of aliphatic carboxylic acids is 1. The summed E-state index contributed by atoms with van der Waals surface area (Å²) in [5.74, 6) is -2.58. The van der Waals surface area contributed by atoms with Gasteiger partial charge in [0.05, 0.1) is 6.20 Å². The molecule has 1 aromatic heterocycles. The number of carbonyl (C=O) groups is 4. The molecule has 3 N–H and O–H groups in total. The van der Waals surface area contributed by atoms with E-state index in [1.807, 2.05) is 34.6 Å². The molecule has 1 saturated heterocycles. The van der Waals surface area contributed by atoms with Crippen molar-refractivity contribution in [3.05, 3.63) is 24.3 Å². The highest BCUT2D eigenvalue weighted by Gasteiger charge is 2.49. The summed E-state index contributed by atoms with van der Waals surface area (Å²) in [6, 6.07) is -1.90. The Kier molecular flexibility index (Phi) is 7.81. The molecule has 192 valence electrons. The molecule has 2 heterocycles. The van der Waals surface area contributed by atoms with Crippen molar-refractivity contribution >= 4 is 23.7 Å². The van der Waals surface area contributed by atoms with Crippen LogP contribution in [0.25, 0.3) is 0 Å². The average molecular weight is 488 g/mol. The van der Waals surface area contributed by atoms with Crippen LogP contribution in [0.15, 0.2) is 18.6 Å². The summed E-state index contributed by atoms with van der Waals surface area (Å²) in [5.41, 5.74) is -1.76. The molecule has 10 heteroatoms. The number of nitrogens with one attached hydrogen (secondary N) is 2. The number of carboxylic acids is 1. The van der Waals surface area contributed by atoms with Crippen molar-refractivity contribution in [3.8, 4) is 0 Å². The predicted molar refractivity (Wildman–Crippen MR) is 128 cm³/mol. The molecule has 0 bridgehead atoms. The standard InChI is InChI=1S/C25H37N5O5/c1-15-14-30(18(16(15)2)22(33)34)21(32)19(24(3,4)5)28-23(35)25(9-7-6-8-10-25)29-20(31)17-13-26-11-12-27-17/h11-13,15-16,18-19H,6-10,14H2,1-5H3,(H,28,35)(H,29,31)(H,33,34)/t15-,16-,18-,19+/m0/s1. The van der Waals surface area contributed by atoms with Crippen molar-refractivity contribution in [2.45, 2.75) is 84.3 Å². The maximum atomic E-state index is 13.8. The molecule has 0 aromatic carbocycles. The number of nitrogens with zero attached hydrogens (tertiary/aromatic N) is 3. The molecule has 0 spiro atoms. The normalized spacial score (nSPS) is 24.9. The van der Waals surface area contributed by atoms with Crippen molar-refractivity contribution in [1.82, 2.24) is 25.5 Å². The highest BCUT2D eigenvalue weighted by atomic mass is 16.4. The minimum Gasteiger partial charge on any atom is -0.480 e. The topological polar surface area (TPSA) is 142 Å². The second-order valence-corrected chi connectivity index (χ2v) is 11.1. The first-order chi connectivity index (χ1) is 16.4. The third-order valence-corrected chi connectivity index (χ3v) is 7.43. The molecule has 2 aliphatic rings. The molecule has 3 rings (SSSR count). The molecule has 10 nitrogen and oxygen atoms in total. The molecule has 1 saturated carbocycles. The van der Waals surface area contributed by atoms with Gasteiger partial charge in [0.2, 0.25) is 11.8 Å². The number of hydrogen-bond donors (Lipinski definition) is 3. The molecule has 3 amide bonds. The first kappa shape index (κ1) is 26.6. The second-order valence-electron chi connectivity index (χ2n) is 11.1. The van der Waals surface area contributed by atoms with E-state index in [2.05, 4.69) is 20.6 Å². The maximum absolute atomic E-state index is 13.8. The molecule has 0 unspecified atom stereocenters. The third-order valence-electron chi connectivity index (χ3n) is 7.43. The number of rotatable bonds is 6. The van der Waals surface area contributed by atoms with Gasteiger partial charge in [-0.2, -0.15) is 0 Å². The van der Waals surface area contributed by atoms with E-state index in [0.29, 0.717) is 19.4 Å². The molecule has 4 atom stereocenters. The van der Waals surface area contributed by atoms with E-state index in [1.54, 1.807) is 0 Å². The Hall–Kier alpha value is -3.04. The van der Waals surface area contributed by atoms with Gasteiger partial charge in [0, 0.05) is 18.9 Å². The Bertz CT molecular complexity index is 955. The fourth-order valence-corrected chi connectivity index (χ4v) is 5.12. The fourth-order valence-electron chi connectivity index (χ4n) is 5.12. The highest BCUT2D eigenvalue weighted by molar-refractivity contribution is 5.99. The molecule has 1 aromatic rings. The lowest BCUT2D eigenvalue weighted by molar-refractivity contribution is -0.152. The molecule has 1 aliphatic heterocycles. The first-order valence-corrected chi connectivity index (χ1v) is 12.3. The van der Waals surface area contributed by atoms with Crippen LogP contribution in [0.5, 0.6) is 0 Å². The number of carboxylic acid groups (broad SMARTS) is 1. The Labute approximate surface area is 206 Å². The zero-order chi connectivity index (χ0) is 26.0. The lowest BCUT2D eigenvalue weighted by atomic mass is 9.79. The van der Waals surface area contributed by atoms with Crippen molar-refractivity contribution < 1.29 is 24.3 Å². The molecular weight excluding hydrogens is 450 g/mol. The van der Waals surface area contributed by atoms with Gasteiger partial charge in [-0.25, -0.2) is 9.78 Å². The van der Waals surface area contributed by atoms with Crippen molar-refractivity contribution in [2.24, 2.45) is 17.3 Å². The molecule has 2 fully saturated rings. The van der Waals surface area contributed by atoms with Crippen LogP contribution in [0.3, 0.4) is 0 Å². The van der Waals surface area contributed by atoms with E-state index in [9.17, 15) is 24.3 Å². The number of hydrogen-bond acceptors (Lipinski definition) is 6. The lowest BCUT2D eigenvalue weighted by Gasteiger charge is -2.40. The third kappa shape index (κ3) is 5.62. The van der Waals surface area contributed by atoms with Gasteiger partial charge in [0.25, 0.3) is 5.91 Å². The van der Waals surface area contributed by atoms with Gasteiger partial charge in [0.1, 0.15) is 23.3 Å². The van der Waals surface area contributed by atoms with Gasteiger partial charge >= 0.3 is 5.97 Å². The number of carbonyl (C=O) groups excluding carboxylic acids is 3. The van der Waals surface area contributed by atoms with Gasteiger partial charge in [-0.15, -0.1) is 0 Å². The van der Waals surface area contributed by atoms with Crippen LogP contribution in [-0.2, 0) is 14.4 Å². The van der Waals surface area contributed by atoms with Gasteiger partial charge in [-0.3, -0.25) is 19.4 Å². The van der Waals surface area contributed by atoms with Crippen LogP contribution >= 0.6 is 0 Å². The van der Waals surface area contributed by atoms with Crippen LogP contribution < -0.4 is 10.6 Å². The Morgan fingerprint density at radius 2 is 1.77 bits per heavy atom. The van der Waals surface area contributed by atoms with E-state index in [-0.39, 0.29) is 17.5 Å². The largest absolute Gasteiger partial charge is 0.480 e. The SMILES string of the molecule is C[C@@H]1[C@@H](C(=O)O)N(C(=O)[C@@H](NC(=O)C2(NC(=O)c3cnccn3)CCCCC2)C(C)(C)C)C[C@@H]1C. The fraction of sp³-hybridized carbons (Fsp3) is 0.680. The average Bonchev–Trinajstić information content (AvgIpc) is 3.11. The smallest absolute Gasteiger partial charge is 0.326 e. The van der Waals surface area contributed by atoms with E-state index >= 15 is 0 Å². The zero-order valence-corrected chi connectivity index (χ0v) is 21.2. The minimum atomic E-state index is -1.19. The van der Waals surface area contributed by atoms with Crippen LogP contribution in [0.4, 0.5) is 0 Å². The first-order valence-electron chi connectivity index (χ1n) is 12.3. The Balaban J connectivity index is 1.87. The van der Waals surface area contributed by atoms with Crippen LogP contribution in [0.2, 0.25) is 0 Å². The summed E-state index contributed by atoms with van der Waals surface area (Å²) < 4.78 is 0. The summed E-state index contributed by atoms with van der Waals surface area (Å²) in [4.78, 5) is 61.7. The van der Waals surface area contributed by atoms with Gasteiger partial charge in [-0.05, 0) is 30.1 Å². The maximum Gasteiger partial charge on any atom is 0.326 e. The van der Waals surface area contributed by atoms with E-state index in [4.69, 9.17) is 0 Å². The molecular formula is C25H37N5O5. The highest BCUT2D eigenvalue weighted by Crippen LogP contribution is 2.34. The Morgan fingerprint density at radius 1 is 1.11 bits per heavy atom. The summed E-state index contributed by atoms with van der Waals surface area (Å²) >= 11 is 0. The lowest BCUT2D eigenvalue weighted by Crippen LogP contribution is -2.65. The Morgan fingerprint density at radius 3 is 2.31 bits per heavy atom. The summed E-state index contributed by atoms with van der Waals surface area (Å²) in [7, 11) is 0. The number of likely N-dealkylation sites (tertiary alicyclic amines) is 1. The zero-order valence-electron chi connectivity index (χ0n) is 21.2. The van der Waals surface area contributed by atoms with Crippen LogP contribution in [0.1, 0.15) is 77.2 Å². The number of amides is 3. The minimum absolute atomic E-state index is 0.0207. The van der Waals surface area contributed by atoms with Gasteiger partial charge < -0.3 is 20.6 Å². The van der Waals surface area contributed by atoms with Gasteiger partial charge in [-0.1, -0.05) is 53.9 Å². The predicted octanol–water partition coefficient (Wildman–Crippen LogP) is 2.01. The summed E-state index contributed by atoms with van der Waals surface area (Å²) in [6.45, 7) is 9.58. The van der Waals surface area contributed by atoms with E-state index in [0.717, 1.165) is 19.3 Å². The monoisotopic (exact) mass is 487 g/mol. The number of aromatic nitrogens is 2. The van der Waals surface area contributed by atoms with E-state index in [1.165, 1.54) is 23.5 Å². The second kappa shape index (κ2) is 10.3. The molecule has 35 heavy (non-hydrogen) atoms. The van der Waals surface area contributed by atoms with Crippen LogP contribution in [0, 0.1) is 17.3 Å². The quantitative estimate of drug-likeness (QED) is 0.557. The summed E-state index contributed by atoms with van der Waals surface area (Å²) in [6.07, 6.45) is 7.54. The molecule has 1 aliphatic carbocycles. The molecule has 0 radical (unpaired) electrons.